The number of fused-ring (bicyclic) bond motifs is 1. The van der Waals surface area contributed by atoms with Crippen LogP contribution in [-0.4, -0.2) is 58.0 Å². The van der Waals surface area contributed by atoms with Crippen molar-refractivity contribution in [3.63, 3.8) is 0 Å². The minimum Gasteiger partial charge on any atom is -0.790 e. The molecule has 4 unspecified atom stereocenters. The number of aromatic nitrogens is 4. The fourth-order valence-corrected chi connectivity index (χ4v) is 4.63. The van der Waals surface area contributed by atoms with E-state index in [0.717, 1.165) is 17.2 Å². The summed E-state index contributed by atoms with van der Waals surface area (Å²) in [7, 11) is -17.2. The molecule has 18 nitrogen and oxygen atoms in total. The Bertz CT molecular complexity index is 1180. The molecule has 0 aromatic carbocycles. The number of rotatable bonds is 8. The number of aliphatic hydroxyl groups is 1. The first-order valence-electron chi connectivity index (χ1n) is 7.76. The standard InChI is InChI=1S/C10H15N5O13P2S.4Li/c11-8-5-9(13-2-12-8)15(3-14-5)10-6(16)7(27-29(17,18)19)4(26-10)1-25-31(23,24)28-30(20,21)22;;;;/h2-4,6-7,10,16H,1H2,(H2,11,12,13)(H2,17,18,19)(H2,20,21,22);;;;/q;4*+1/p-4. The van der Waals surface area contributed by atoms with Gasteiger partial charge < -0.3 is 48.8 Å². The minimum absolute atomic E-state index is 0. The van der Waals surface area contributed by atoms with Crippen molar-refractivity contribution >= 4 is 43.0 Å². The first kappa shape index (κ1) is 37.9. The van der Waals surface area contributed by atoms with E-state index >= 15 is 0 Å². The molecule has 2 aromatic rings. The van der Waals surface area contributed by atoms with Gasteiger partial charge in [0.15, 0.2) is 17.7 Å². The second kappa shape index (κ2) is 14.3. The zero-order chi connectivity index (χ0) is 23.2. The van der Waals surface area contributed by atoms with Crippen LogP contribution in [0.1, 0.15) is 6.23 Å². The van der Waals surface area contributed by atoms with E-state index in [4.69, 9.17) is 10.5 Å². The van der Waals surface area contributed by atoms with Gasteiger partial charge in [-0.3, -0.25) is 4.57 Å². The van der Waals surface area contributed by atoms with Crippen molar-refractivity contribution in [2.24, 2.45) is 0 Å². The number of aliphatic hydroxyl groups excluding tert-OH is 1. The van der Waals surface area contributed by atoms with Crippen LogP contribution >= 0.6 is 15.6 Å². The molecule has 3 rings (SSSR count). The maximum atomic E-state index is 11.4. The molecule has 1 saturated heterocycles. The van der Waals surface area contributed by atoms with Crippen LogP contribution < -0.4 is 101 Å². The monoisotopic (exact) mass is 531 g/mol. The Morgan fingerprint density at radius 3 is 2.23 bits per heavy atom. The van der Waals surface area contributed by atoms with Crippen molar-refractivity contribution in [3.05, 3.63) is 12.7 Å². The number of nitrogens with zero attached hydrogens (tertiary/aromatic N) is 4. The predicted molar refractivity (Wildman–Crippen MR) is 85.7 cm³/mol. The minimum atomic E-state index is -6.01. The van der Waals surface area contributed by atoms with Gasteiger partial charge in [-0.25, -0.2) is 23.1 Å². The van der Waals surface area contributed by atoms with E-state index in [9.17, 15) is 42.2 Å². The van der Waals surface area contributed by atoms with Crippen molar-refractivity contribution in [3.8, 4) is 0 Å². The first-order chi connectivity index (χ1) is 14.2. The molecule has 0 saturated carbocycles. The second-order valence-electron chi connectivity index (χ2n) is 5.87. The number of hydrogen-bond acceptors (Lipinski definition) is 17. The van der Waals surface area contributed by atoms with E-state index in [-0.39, 0.29) is 92.4 Å². The molecule has 0 amide bonds. The largest absolute Gasteiger partial charge is 1.00 e. The number of phosphoric ester groups is 1. The molecular weight excluding hydrogens is 520 g/mol. The van der Waals surface area contributed by atoms with Gasteiger partial charge in [-0.2, -0.15) is 8.42 Å². The van der Waals surface area contributed by atoms with Gasteiger partial charge >= 0.3 is 85.8 Å². The molecule has 1 fully saturated rings. The molecule has 0 spiro atoms. The number of phosphoric acid groups is 2. The number of nitrogens with two attached hydrogens (primary N) is 1. The predicted octanol–water partition coefficient (Wildman–Crippen LogP) is -17.0. The summed E-state index contributed by atoms with van der Waals surface area (Å²) in [5, 5.41) is 10.4. The Labute approximate surface area is 245 Å². The van der Waals surface area contributed by atoms with Crippen LogP contribution in [0, 0.1) is 0 Å². The summed E-state index contributed by atoms with van der Waals surface area (Å²) in [5.41, 5.74) is 5.73. The van der Waals surface area contributed by atoms with Gasteiger partial charge in [-0.05, 0) is 0 Å². The van der Waals surface area contributed by atoms with Gasteiger partial charge in [-0.1, -0.05) is 0 Å². The molecule has 3 heterocycles. The van der Waals surface area contributed by atoms with E-state index in [2.05, 4.69) is 27.6 Å². The third kappa shape index (κ3) is 10.1. The molecule has 0 aliphatic carbocycles. The smallest absolute Gasteiger partial charge is 0.790 e. The van der Waals surface area contributed by atoms with Crippen LogP contribution in [0.15, 0.2) is 12.7 Å². The summed E-state index contributed by atoms with van der Waals surface area (Å²) in [6.07, 6.45) is -5.15. The van der Waals surface area contributed by atoms with Gasteiger partial charge in [0, 0.05) is 0 Å². The van der Waals surface area contributed by atoms with Crippen molar-refractivity contribution in [2.45, 2.75) is 24.5 Å². The first-order valence-corrected chi connectivity index (χ1v) is 12.0. The number of nitrogen functional groups attached to an aromatic ring is 1. The molecule has 35 heavy (non-hydrogen) atoms. The maximum Gasteiger partial charge on any atom is 1.00 e. The zero-order valence-electron chi connectivity index (χ0n) is 18.7. The summed E-state index contributed by atoms with van der Waals surface area (Å²) < 4.78 is 62.3. The summed E-state index contributed by atoms with van der Waals surface area (Å²) in [4.78, 5) is 54.5. The Morgan fingerprint density at radius 1 is 1.09 bits per heavy atom. The van der Waals surface area contributed by atoms with Crippen LogP contribution in [0.4, 0.5) is 5.82 Å². The Kier molecular flexibility index (Phi) is 15.5. The van der Waals surface area contributed by atoms with Crippen LogP contribution in [0.5, 0.6) is 0 Å². The van der Waals surface area contributed by atoms with E-state index in [1.807, 2.05) is 0 Å². The number of ether oxygens (including phenoxy) is 1. The maximum absolute atomic E-state index is 11.4. The third-order valence-corrected chi connectivity index (χ3v) is 6.17. The summed E-state index contributed by atoms with van der Waals surface area (Å²) in [6.45, 7) is -1.22. The molecule has 25 heteroatoms. The molecule has 0 radical (unpaired) electrons. The molecule has 1 aliphatic rings. The Balaban J connectivity index is 0. The molecule has 3 N–H and O–H groups in total. The van der Waals surface area contributed by atoms with E-state index in [0.29, 0.717) is 0 Å². The van der Waals surface area contributed by atoms with E-state index < -0.39 is 57.2 Å². The van der Waals surface area contributed by atoms with Gasteiger partial charge in [0.2, 0.25) is 0 Å². The summed E-state index contributed by atoms with van der Waals surface area (Å²) >= 11 is 0. The van der Waals surface area contributed by atoms with Crippen LogP contribution in [0.3, 0.4) is 0 Å². The SMILES string of the molecule is Nc1ncnc2c1ncn2C1OC(COS(=O)(=O)OP(=O)([O-])[O-])C(OP(=O)([O-])[O-])C1O.[Li+].[Li+].[Li+].[Li+]. The molecule has 174 valence electrons. The molecule has 2 aromatic heterocycles. The fraction of sp³-hybridized carbons (Fsp3) is 0.500. The quantitative estimate of drug-likeness (QED) is 0.236. The summed E-state index contributed by atoms with van der Waals surface area (Å²) in [5.74, 6) is -0.0459. The Morgan fingerprint density at radius 2 is 1.69 bits per heavy atom. The van der Waals surface area contributed by atoms with Gasteiger partial charge in [0.1, 0.15) is 30.2 Å². The molecule has 1 aliphatic heterocycles. The van der Waals surface area contributed by atoms with Gasteiger partial charge in [0.05, 0.1) is 28.6 Å². The topological polar surface area (TPSA) is 287 Å². The number of hydrogen-bond donors (Lipinski definition) is 2. The van der Waals surface area contributed by atoms with E-state index in [1.54, 1.807) is 0 Å². The average molecular weight is 531 g/mol. The van der Waals surface area contributed by atoms with E-state index in [1.165, 1.54) is 0 Å². The Hall–Kier alpha value is 0.790. The van der Waals surface area contributed by atoms with Crippen LogP contribution in [-0.2, 0) is 36.9 Å². The van der Waals surface area contributed by atoms with Gasteiger partial charge in [-0.15, -0.1) is 0 Å². The van der Waals surface area contributed by atoms with Crippen molar-refractivity contribution in [1.29, 1.82) is 0 Å². The van der Waals surface area contributed by atoms with Crippen molar-refractivity contribution < 1.29 is 135 Å². The second-order valence-corrected chi connectivity index (χ2v) is 9.52. The molecular formula is C10H11Li4N5O13P2S. The number of anilines is 1. The number of imidazole rings is 1. The zero-order valence-corrected chi connectivity index (χ0v) is 21.3. The van der Waals surface area contributed by atoms with Crippen molar-refractivity contribution in [1.82, 2.24) is 19.5 Å². The fourth-order valence-electron chi connectivity index (χ4n) is 2.70. The van der Waals surface area contributed by atoms with Crippen LogP contribution in [0.25, 0.3) is 11.2 Å². The molecule has 0 bridgehead atoms. The normalized spacial score (nSPS) is 22.4. The van der Waals surface area contributed by atoms with Gasteiger partial charge in [0.25, 0.3) is 0 Å². The third-order valence-electron chi connectivity index (χ3n) is 3.78. The average Bonchev–Trinajstić information content (AvgIpc) is 3.13. The molecule has 4 atom stereocenters. The summed E-state index contributed by atoms with van der Waals surface area (Å²) in [6, 6.07) is 0. The van der Waals surface area contributed by atoms with Crippen molar-refractivity contribution in [2.75, 3.05) is 12.3 Å². The van der Waals surface area contributed by atoms with Crippen LogP contribution in [0.2, 0.25) is 0 Å².